The summed E-state index contributed by atoms with van der Waals surface area (Å²) in [5.74, 6) is -0.000802. The van der Waals surface area contributed by atoms with Crippen LogP contribution in [-0.2, 0) is 0 Å². The summed E-state index contributed by atoms with van der Waals surface area (Å²) < 4.78 is 18.6. The van der Waals surface area contributed by atoms with Crippen LogP contribution in [0.2, 0.25) is 0 Å². The summed E-state index contributed by atoms with van der Waals surface area (Å²) in [6.45, 7) is 0.611. The Kier molecular flexibility index (Phi) is 5.76. The molecule has 1 saturated carbocycles. The Bertz CT molecular complexity index is 416. The summed E-state index contributed by atoms with van der Waals surface area (Å²) in [4.78, 5) is 0. The molecule has 4 nitrogen and oxygen atoms in total. The van der Waals surface area contributed by atoms with Crippen molar-refractivity contribution in [3.63, 3.8) is 0 Å². The van der Waals surface area contributed by atoms with Crippen LogP contribution < -0.4 is 10.1 Å². The maximum Gasteiger partial charge on any atom is 0.165 e. The number of halogens is 1. The van der Waals surface area contributed by atoms with E-state index < -0.39 is 11.9 Å². The van der Waals surface area contributed by atoms with E-state index in [1.807, 2.05) is 0 Å². The molecule has 1 aliphatic carbocycles. The Morgan fingerprint density at radius 3 is 2.90 bits per heavy atom. The van der Waals surface area contributed by atoms with Gasteiger partial charge in [-0.15, -0.1) is 0 Å². The number of hydrogen-bond donors (Lipinski definition) is 3. The molecule has 1 fully saturated rings. The van der Waals surface area contributed by atoms with Crippen LogP contribution in [0.5, 0.6) is 5.75 Å². The fraction of sp³-hybridized carbons (Fsp3) is 0.600. The highest BCUT2D eigenvalue weighted by Crippen LogP contribution is 2.24. The Hall–Kier alpha value is -1.17. The molecule has 0 radical (unpaired) electrons. The number of ether oxygens (including phenoxy) is 1. The third-order valence-corrected chi connectivity index (χ3v) is 3.78. The van der Waals surface area contributed by atoms with Crippen molar-refractivity contribution in [2.75, 3.05) is 19.8 Å². The van der Waals surface area contributed by atoms with Crippen LogP contribution in [0.15, 0.2) is 24.3 Å². The van der Waals surface area contributed by atoms with E-state index in [1.165, 1.54) is 12.1 Å². The van der Waals surface area contributed by atoms with Gasteiger partial charge in [0.15, 0.2) is 11.6 Å². The van der Waals surface area contributed by atoms with E-state index in [4.69, 9.17) is 4.74 Å². The lowest BCUT2D eigenvalue weighted by Gasteiger charge is -2.21. The first kappa shape index (κ1) is 15.2. The molecule has 112 valence electrons. The van der Waals surface area contributed by atoms with Crippen molar-refractivity contribution in [2.45, 2.75) is 31.4 Å². The van der Waals surface area contributed by atoms with Crippen LogP contribution in [0.3, 0.4) is 0 Å². The van der Waals surface area contributed by atoms with Crippen molar-refractivity contribution < 1.29 is 19.3 Å². The number of nitrogens with one attached hydrogen (secondary N) is 1. The van der Waals surface area contributed by atoms with E-state index in [0.717, 1.165) is 19.3 Å². The van der Waals surface area contributed by atoms with Gasteiger partial charge in [-0.3, -0.25) is 0 Å². The predicted octanol–water partition coefficient (Wildman–Crippen LogP) is 1.32. The summed E-state index contributed by atoms with van der Waals surface area (Å²) in [5, 5.41) is 22.3. The van der Waals surface area contributed by atoms with E-state index in [9.17, 15) is 14.6 Å². The molecule has 20 heavy (non-hydrogen) atoms. The quantitative estimate of drug-likeness (QED) is 0.706. The summed E-state index contributed by atoms with van der Waals surface area (Å²) in [6.07, 6.45) is 2.45. The van der Waals surface area contributed by atoms with Gasteiger partial charge in [-0.25, -0.2) is 4.39 Å². The second-order valence-electron chi connectivity index (χ2n) is 5.28. The third kappa shape index (κ3) is 4.16. The number of rotatable bonds is 7. The fourth-order valence-electron chi connectivity index (χ4n) is 2.62. The highest BCUT2D eigenvalue weighted by molar-refractivity contribution is 5.23. The van der Waals surface area contributed by atoms with Crippen molar-refractivity contribution in [3.05, 3.63) is 30.1 Å². The van der Waals surface area contributed by atoms with Gasteiger partial charge in [0.2, 0.25) is 0 Å². The van der Waals surface area contributed by atoms with Crippen LogP contribution in [0.4, 0.5) is 4.39 Å². The fourth-order valence-corrected chi connectivity index (χ4v) is 2.62. The molecule has 3 N–H and O–H groups in total. The molecule has 3 unspecified atom stereocenters. The summed E-state index contributed by atoms with van der Waals surface area (Å²) in [5.41, 5.74) is 0. The number of benzene rings is 1. The van der Waals surface area contributed by atoms with E-state index in [0.29, 0.717) is 6.54 Å². The molecular formula is C15H22FNO3. The zero-order valence-corrected chi connectivity index (χ0v) is 11.5. The molecule has 1 aliphatic rings. The lowest BCUT2D eigenvalue weighted by Crippen LogP contribution is -2.40. The minimum atomic E-state index is -0.699. The average molecular weight is 283 g/mol. The molecule has 0 saturated heterocycles. The lowest BCUT2D eigenvalue weighted by atomic mass is 10.1. The van der Waals surface area contributed by atoms with Crippen LogP contribution in [0, 0.1) is 11.7 Å². The minimum absolute atomic E-state index is 0.0461. The molecule has 0 aliphatic heterocycles. The first-order chi connectivity index (χ1) is 9.70. The summed E-state index contributed by atoms with van der Waals surface area (Å²) >= 11 is 0. The second-order valence-corrected chi connectivity index (χ2v) is 5.28. The molecule has 0 amide bonds. The Morgan fingerprint density at radius 2 is 2.15 bits per heavy atom. The molecule has 0 aromatic heterocycles. The monoisotopic (exact) mass is 283 g/mol. The van der Waals surface area contributed by atoms with E-state index in [1.54, 1.807) is 12.1 Å². The lowest BCUT2D eigenvalue weighted by molar-refractivity contribution is 0.0972. The summed E-state index contributed by atoms with van der Waals surface area (Å²) in [7, 11) is 0. The number of hydrogen-bond acceptors (Lipinski definition) is 4. The Labute approximate surface area is 118 Å². The Morgan fingerprint density at radius 1 is 1.35 bits per heavy atom. The molecule has 0 spiro atoms. The number of para-hydroxylation sites is 1. The second kappa shape index (κ2) is 7.57. The van der Waals surface area contributed by atoms with Crippen molar-refractivity contribution >= 4 is 0 Å². The summed E-state index contributed by atoms with van der Waals surface area (Å²) in [6, 6.07) is 6.39. The zero-order valence-electron chi connectivity index (χ0n) is 11.5. The first-order valence-electron chi connectivity index (χ1n) is 7.10. The van der Waals surface area contributed by atoms with Crippen LogP contribution in [0.25, 0.3) is 0 Å². The van der Waals surface area contributed by atoms with E-state index >= 15 is 0 Å². The molecule has 1 aromatic carbocycles. The maximum atomic E-state index is 13.3. The number of aliphatic hydroxyl groups excluding tert-OH is 2. The van der Waals surface area contributed by atoms with Crippen molar-refractivity contribution in [3.8, 4) is 5.75 Å². The average Bonchev–Trinajstić information content (AvgIpc) is 2.91. The molecule has 2 rings (SSSR count). The Balaban J connectivity index is 1.70. The third-order valence-electron chi connectivity index (χ3n) is 3.78. The van der Waals surface area contributed by atoms with Gasteiger partial charge in [0.05, 0.1) is 0 Å². The van der Waals surface area contributed by atoms with Crippen molar-refractivity contribution in [1.29, 1.82) is 0 Å². The van der Waals surface area contributed by atoms with Gasteiger partial charge in [-0.05, 0) is 30.9 Å². The maximum absolute atomic E-state index is 13.3. The molecule has 1 aromatic rings. The van der Waals surface area contributed by atoms with Gasteiger partial charge in [0.25, 0.3) is 0 Å². The van der Waals surface area contributed by atoms with Gasteiger partial charge < -0.3 is 20.3 Å². The first-order valence-corrected chi connectivity index (χ1v) is 7.10. The molecule has 0 heterocycles. The van der Waals surface area contributed by atoms with Gasteiger partial charge >= 0.3 is 0 Å². The van der Waals surface area contributed by atoms with Crippen molar-refractivity contribution in [1.82, 2.24) is 5.32 Å². The standard InChI is InChI=1S/C15H22FNO3/c16-13-5-1-2-7-15(13)20-10-12(19)8-17-14-6-3-4-11(14)9-18/h1-2,5,7,11-12,14,17-19H,3-4,6,8-10H2. The van der Waals surface area contributed by atoms with Gasteiger partial charge in [-0.2, -0.15) is 0 Å². The molecule has 5 heteroatoms. The molecule has 0 bridgehead atoms. The van der Waals surface area contributed by atoms with Crippen LogP contribution in [0.1, 0.15) is 19.3 Å². The normalized spacial score (nSPS) is 23.8. The largest absolute Gasteiger partial charge is 0.488 e. The topological polar surface area (TPSA) is 61.7 Å². The van der Waals surface area contributed by atoms with Gasteiger partial charge in [0.1, 0.15) is 12.7 Å². The molecular weight excluding hydrogens is 261 g/mol. The van der Waals surface area contributed by atoms with Gasteiger partial charge in [0, 0.05) is 19.2 Å². The van der Waals surface area contributed by atoms with Crippen LogP contribution >= 0.6 is 0 Å². The predicted molar refractivity (Wildman–Crippen MR) is 74.1 cm³/mol. The molecule has 3 atom stereocenters. The van der Waals surface area contributed by atoms with Gasteiger partial charge in [-0.1, -0.05) is 18.6 Å². The SMILES string of the molecule is OCC1CCCC1NCC(O)COc1ccccc1F. The van der Waals surface area contributed by atoms with E-state index in [-0.39, 0.29) is 30.9 Å². The highest BCUT2D eigenvalue weighted by atomic mass is 19.1. The van der Waals surface area contributed by atoms with Crippen molar-refractivity contribution in [2.24, 2.45) is 5.92 Å². The minimum Gasteiger partial charge on any atom is -0.488 e. The smallest absolute Gasteiger partial charge is 0.165 e. The van der Waals surface area contributed by atoms with Crippen LogP contribution in [-0.4, -0.2) is 42.1 Å². The highest BCUT2D eigenvalue weighted by Gasteiger charge is 2.26. The zero-order chi connectivity index (χ0) is 14.4. The van der Waals surface area contributed by atoms with E-state index in [2.05, 4.69) is 5.32 Å². The number of aliphatic hydroxyl groups is 2.